The molecular formula is C24H28N2O2Pd. The molecule has 2 atom stereocenters. The molecule has 2 rings (SSSR count). The monoisotopic (exact) mass is 482 g/mol. The largest absolute Gasteiger partial charge is 2.00 e. The minimum Gasteiger partial charge on any atom is -0.848 e. The van der Waals surface area contributed by atoms with Crippen LogP contribution in [0.1, 0.15) is 76.0 Å². The van der Waals surface area contributed by atoms with E-state index in [1.165, 1.54) is 0 Å². The first kappa shape index (κ1) is 27.0. The summed E-state index contributed by atoms with van der Waals surface area (Å²) in [5, 5.41) is 40.9. The molecule has 0 amide bonds. The molecule has 2 aromatic carbocycles. The third-order valence-corrected chi connectivity index (χ3v) is 4.26. The van der Waals surface area contributed by atoms with Crippen LogP contribution in [0, 0.1) is 33.5 Å². The van der Waals surface area contributed by atoms with Gasteiger partial charge in [-0.15, -0.1) is 0 Å². The third-order valence-electron chi connectivity index (χ3n) is 4.26. The molecule has 0 N–H and O–H groups in total. The van der Waals surface area contributed by atoms with Gasteiger partial charge in [0.25, 0.3) is 0 Å². The van der Waals surface area contributed by atoms with Gasteiger partial charge in [0.15, 0.2) is 0 Å². The van der Waals surface area contributed by atoms with Gasteiger partial charge >= 0.3 is 20.4 Å². The van der Waals surface area contributed by atoms with Crippen molar-refractivity contribution in [2.45, 2.75) is 53.8 Å². The van der Waals surface area contributed by atoms with Gasteiger partial charge in [0.1, 0.15) is 0 Å². The summed E-state index contributed by atoms with van der Waals surface area (Å²) >= 11 is 0. The predicted octanol–water partition coefficient (Wildman–Crippen LogP) is 4.01. The van der Waals surface area contributed by atoms with Crippen LogP contribution in [0.5, 0.6) is 0 Å². The van der Waals surface area contributed by atoms with Crippen molar-refractivity contribution in [1.29, 1.82) is 10.5 Å². The van der Waals surface area contributed by atoms with E-state index in [4.69, 9.17) is 10.5 Å². The van der Waals surface area contributed by atoms with Crippen LogP contribution >= 0.6 is 0 Å². The number of benzene rings is 2. The fourth-order valence-electron chi connectivity index (χ4n) is 2.46. The van der Waals surface area contributed by atoms with Crippen molar-refractivity contribution in [3.63, 3.8) is 0 Å². The van der Waals surface area contributed by atoms with Gasteiger partial charge in [-0.25, -0.2) is 0 Å². The Morgan fingerprint density at radius 2 is 0.862 bits per heavy atom. The molecule has 5 heteroatoms. The van der Waals surface area contributed by atoms with Gasteiger partial charge in [0.05, 0.1) is 23.3 Å². The molecule has 2 aromatic rings. The second-order valence-corrected chi connectivity index (χ2v) is 8.96. The van der Waals surface area contributed by atoms with Crippen molar-refractivity contribution in [2.24, 2.45) is 10.8 Å². The van der Waals surface area contributed by atoms with Gasteiger partial charge in [-0.3, -0.25) is 0 Å². The zero-order valence-corrected chi connectivity index (χ0v) is 19.4. The molecule has 0 aliphatic rings. The number of hydrogen-bond acceptors (Lipinski definition) is 4. The van der Waals surface area contributed by atoms with Gasteiger partial charge in [-0.2, -0.15) is 10.5 Å². The summed E-state index contributed by atoms with van der Waals surface area (Å²) < 4.78 is 0. The number of rotatable bonds is 2. The number of nitrogens with zero attached hydrogens (tertiary/aromatic N) is 2. The van der Waals surface area contributed by atoms with Crippen molar-refractivity contribution in [2.75, 3.05) is 0 Å². The molecule has 29 heavy (non-hydrogen) atoms. The molecule has 156 valence electrons. The van der Waals surface area contributed by atoms with Crippen LogP contribution in [-0.4, -0.2) is 0 Å². The van der Waals surface area contributed by atoms with Crippen molar-refractivity contribution in [3.05, 3.63) is 70.8 Å². The average molecular weight is 483 g/mol. The standard InChI is InChI=1S/2C12H14NO.Pd/c2*1-12(2,3)11(14)10-6-4-9(8-13)5-7-10;/h2*4-7,11H,1-3H3;/q2*-1;+2. The molecule has 0 radical (unpaired) electrons. The van der Waals surface area contributed by atoms with Gasteiger partial charge in [-0.1, -0.05) is 89.1 Å². The van der Waals surface area contributed by atoms with E-state index in [0.717, 1.165) is 11.1 Å². The summed E-state index contributed by atoms with van der Waals surface area (Å²) in [5.41, 5.74) is 2.11. The summed E-state index contributed by atoms with van der Waals surface area (Å²) in [6.45, 7) is 11.5. The molecule has 0 bridgehead atoms. The Hall–Kier alpha value is -2.00. The normalized spacial score (nSPS) is 12.9. The molecule has 4 nitrogen and oxygen atoms in total. The van der Waals surface area contributed by atoms with Gasteiger partial charge < -0.3 is 10.2 Å². The Morgan fingerprint density at radius 1 is 0.621 bits per heavy atom. The molecule has 0 fully saturated rings. The first-order valence-electron chi connectivity index (χ1n) is 9.22. The molecule has 2 unspecified atom stereocenters. The maximum atomic E-state index is 11.9. The zero-order chi connectivity index (χ0) is 21.5. The molecule has 0 spiro atoms. The fourth-order valence-corrected chi connectivity index (χ4v) is 2.46. The summed E-state index contributed by atoms with van der Waals surface area (Å²) in [5.74, 6) is 0. The third kappa shape index (κ3) is 8.49. The van der Waals surface area contributed by atoms with Gasteiger partial charge in [-0.05, 0) is 35.1 Å². The molecule has 0 saturated heterocycles. The van der Waals surface area contributed by atoms with Crippen LogP contribution in [0.25, 0.3) is 0 Å². The predicted molar refractivity (Wildman–Crippen MR) is 107 cm³/mol. The smallest absolute Gasteiger partial charge is 0.848 e. The maximum absolute atomic E-state index is 11.9. The van der Waals surface area contributed by atoms with E-state index >= 15 is 0 Å². The van der Waals surface area contributed by atoms with E-state index in [2.05, 4.69) is 0 Å². The Morgan fingerprint density at radius 3 is 1.03 bits per heavy atom. The van der Waals surface area contributed by atoms with Crippen molar-refractivity contribution in [3.8, 4) is 12.1 Å². The van der Waals surface area contributed by atoms with Gasteiger partial charge in [0.2, 0.25) is 0 Å². The summed E-state index contributed by atoms with van der Waals surface area (Å²) in [6.07, 6.45) is -1.48. The van der Waals surface area contributed by atoms with Crippen LogP contribution < -0.4 is 10.2 Å². The molecule has 0 aromatic heterocycles. The second-order valence-electron chi connectivity index (χ2n) is 8.96. The number of nitriles is 2. The minimum absolute atomic E-state index is 0. The van der Waals surface area contributed by atoms with Crippen LogP contribution in [-0.2, 0) is 20.4 Å². The van der Waals surface area contributed by atoms with Crippen molar-refractivity contribution in [1.82, 2.24) is 0 Å². The molecule has 0 saturated carbocycles. The van der Waals surface area contributed by atoms with E-state index in [9.17, 15) is 10.2 Å². The molecule has 0 heterocycles. The zero-order valence-electron chi connectivity index (χ0n) is 17.8. The topological polar surface area (TPSA) is 93.7 Å². The Balaban J connectivity index is 0.000000523. The van der Waals surface area contributed by atoms with E-state index < -0.39 is 12.2 Å². The number of hydrogen-bond donors (Lipinski definition) is 0. The fraction of sp³-hybridized carbons (Fsp3) is 0.417. The Labute approximate surface area is 188 Å². The van der Waals surface area contributed by atoms with E-state index in [0.29, 0.717) is 11.1 Å². The summed E-state index contributed by atoms with van der Waals surface area (Å²) in [6, 6.07) is 17.8. The van der Waals surface area contributed by atoms with E-state index in [-0.39, 0.29) is 31.3 Å². The molecule has 0 aliphatic heterocycles. The quantitative estimate of drug-likeness (QED) is 0.604. The van der Waals surface area contributed by atoms with Crippen LogP contribution in [0.2, 0.25) is 0 Å². The van der Waals surface area contributed by atoms with Crippen molar-refractivity contribution >= 4 is 0 Å². The van der Waals surface area contributed by atoms with Crippen LogP contribution in [0.15, 0.2) is 48.5 Å². The second kappa shape index (κ2) is 11.3. The van der Waals surface area contributed by atoms with E-state index in [1.54, 1.807) is 48.5 Å². The Bertz CT molecular complexity index is 760. The Kier molecular flexibility index (Phi) is 10.5. The van der Waals surface area contributed by atoms with Crippen LogP contribution in [0.3, 0.4) is 0 Å². The summed E-state index contributed by atoms with van der Waals surface area (Å²) in [7, 11) is 0. The first-order chi connectivity index (χ1) is 12.9. The molecule has 0 aliphatic carbocycles. The summed E-state index contributed by atoms with van der Waals surface area (Å²) in [4.78, 5) is 0. The van der Waals surface area contributed by atoms with E-state index in [1.807, 2.05) is 53.7 Å². The first-order valence-corrected chi connectivity index (χ1v) is 9.22. The SMILES string of the molecule is CC(C)(C)C([O-])c1ccc(C#N)cc1.CC(C)(C)C([O-])c1ccc(C#N)cc1.[Pd+2]. The average Bonchev–Trinajstić information content (AvgIpc) is 2.66. The molecular weight excluding hydrogens is 455 g/mol. The minimum atomic E-state index is -0.741. The van der Waals surface area contributed by atoms with Gasteiger partial charge in [0, 0.05) is 0 Å². The maximum Gasteiger partial charge on any atom is 2.00 e. The van der Waals surface area contributed by atoms with Crippen LogP contribution in [0.4, 0.5) is 0 Å². The van der Waals surface area contributed by atoms with Crippen molar-refractivity contribution < 1.29 is 30.6 Å².